The number of hydrogen-bond donors (Lipinski definition) is 1. The summed E-state index contributed by atoms with van der Waals surface area (Å²) < 4.78 is 5.89. The molecule has 0 radical (unpaired) electrons. The molecule has 1 fully saturated rings. The molecule has 2 heteroatoms. The molecule has 1 N–H and O–H groups in total. The van der Waals surface area contributed by atoms with Crippen molar-refractivity contribution in [3.05, 3.63) is 60.2 Å². The van der Waals surface area contributed by atoms with E-state index in [4.69, 9.17) is 4.74 Å². The largest absolute Gasteiger partial charge is 0.457 e. The third-order valence-electron chi connectivity index (χ3n) is 3.61. The Morgan fingerprint density at radius 3 is 2.58 bits per heavy atom. The molecule has 0 saturated carbocycles. The molecule has 0 spiro atoms. The van der Waals surface area contributed by atoms with E-state index in [9.17, 15) is 0 Å². The van der Waals surface area contributed by atoms with Crippen LogP contribution >= 0.6 is 0 Å². The van der Waals surface area contributed by atoms with Gasteiger partial charge in [0, 0.05) is 6.54 Å². The van der Waals surface area contributed by atoms with E-state index < -0.39 is 0 Å². The molecule has 0 aromatic heterocycles. The Morgan fingerprint density at radius 2 is 1.79 bits per heavy atom. The van der Waals surface area contributed by atoms with E-state index in [1.807, 2.05) is 36.4 Å². The number of para-hydroxylation sites is 1. The first-order chi connectivity index (χ1) is 9.42. The maximum atomic E-state index is 5.89. The van der Waals surface area contributed by atoms with Crippen LogP contribution < -0.4 is 10.1 Å². The first-order valence-electron chi connectivity index (χ1n) is 6.95. The third kappa shape index (κ3) is 3.15. The van der Waals surface area contributed by atoms with Gasteiger partial charge in [-0.05, 0) is 55.1 Å². The normalized spacial score (nSPS) is 19.1. The molecule has 0 bridgehead atoms. The molecule has 1 atom stereocenters. The summed E-state index contributed by atoms with van der Waals surface area (Å²) in [5.41, 5.74) is 1.38. The number of piperidine rings is 1. The van der Waals surface area contributed by atoms with Crippen molar-refractivity contribution in [1.29, 1.82) is 0 Å². The van der Waals surface area contributed by atoms with E-state index in [0.29, 0.717) is 5.92 Å². The second kappa shape index (κ2) is 5.89. The van der Waals surface area contributed by atoms with E-state index in [1.165, 1.54) is 18.4 Å². The Kier molecular flexibility index (Phi) is 3.80. The van der Waals surface area contributed by atoms with Crippen LogP contribution in [0.25, 0.3) is 0 Å². The van der Waals surface area contributed by atoms with E-state index >= 15 is 0 Å². The van der Waals surface area contributed by atoms with Gasteiger partial charge >= 0.3 is 0 Å². The van der Waals surface area contributed by atoms with Crippen molar-refractivity contribution in [2.75, 3.05) is 13.1 Å². The van der Waals surface area contributed by atoms with Crippen LogP contribution in [0.1, 0.15) is 24.3 Å². The number of benzene rings is 2. The molecule has 1 aliphatic rings. The Morgan fingerprint density at radius 1 is 0.947 bits per heavy atom. The van der Waals surface area contributed by atoms with Crippen LogP contribution in [0.15, 0.2) is 54.6 Å². The average molecular weight is 253 g/mol. The van der Waals surface area contributed by atoms with E-state index in [-0.39, 0.29) is 0 Å². The van der Waals surface area contributed by atoms with Gasteiger partial charge in [-0.1, -0.05) is 30.3 Å². The van der Waals surface area contributed by atoms with Crippen molar-refractivity contribution >= 4 is 0 Å². The summed E-state index contributed by atoms with van der Waals surface area (Å²) in [4.78, 5) is 0. The van der Waals surface area contributed by atoms with Crippen molar-refractivity contribution in [1.82, 2.24) is 5.32 Å². The van der Waals surface area contributed by atoms with Gasteiger partial charge in [0.15, 0.2) is 0 Å². The second-order valence-corrected chi connectivity index (χ2v) is 5.03. The SMILES string of the molecule is c1ccc(Oc2cccc(C3CCCNC3)c2)cc1. The average Bonchev–Trinajstić information content (AvgIpc) is 2.49. The Hall–Kier alpha value is -1.80. The molecule has 2 nitrogen and oxygen atoms in total. The standard InChI is InChI=1S/C17H19NO/c1-2-8-16(9-3-1)19-17-10-4-6-14(12-17)15-7-5-11-18-13-15/h1-4,6,8-10,12,15,18H,5,7,11,13H2. The zero-order valence-electron chi connectivity index (χ0n) is 11.0. The fourth-order valence-corrected chi connectivity index (χ4v) is 2.59. The van der Waals surface area contributed by atoms with Crippen LogP contribution in [-0.2, 0) is 0 Å². The molecular formula is C17H19NO. The minimum absolute atomic E-state index is 0.619. The van der Waals surface area contributed by atoms with E-state index in [2.05, 4.69) is 23.5 Å². The first-order valence-corrected chi connectivity index (χ1v) is 6.95. The lowest BCUT2D eigenvalue weighted by Gasteiger charge is -2.23. The maximum Gasteiger partial charge on any atom is 0.127 e. The summed E-state index contributed by atoms with van der Waals surface area (Å²) in [6, 6.07) is 18.4. The molecule has 2 aromatic carbocycles. The first kappa shape index (κ1) is 12.2. The molecule has 0 amide bonds. The van der Waals surface area contributed by atoms with Crippen molar-refractivity contribution in [2.24, 2.45) is 0 Å². The van der Waals surface area contributed by atoms with Gasteiger partial charge in [0.05, 0.1) is 0 Å². The smallest absolute Gasteiger partial charge is 0.127 e. The quantitative estimate of drug-likeness (QED) is 0.894. The topological polar surface area (TPSA) is 21.3 Å². The molecule has 3 rings (SSSR count). The molecule has 0 aliphatic carbocycles. The van der Waals surface area contributed by atoms with Gasteiger partial charge in [0.1, 0.15) is 11.5 Å². The van der Waals surface area contributed by atoms with Crippen LogP contribution in [0.4, 0.5) is 0 Å². The molecule has 1 aliphatic heterocycles. The van der Waals surface area contributed by atoms with Gasteiger partial charge in [-0.3, -0.25) is 0 Å². The lowest BCUT2D eigenvalue weighted by molar-refractivity contribution is 0.455. The lowest BCUT2D eigenvalue weighted by atomic mass is 9.92. The highest BCUT2D eigenvalue weighted by molar-refractivity contribution is 5.35. The monoisotopic (exact) mass is 253 g/mol. The van der Waals surface area contributed by atoms with Crippen molar-refractivity contribution < 1.29 is 4.74 Å². The summed E-state index contributed by atoms with van der Waals surface area (Å²) >= 11 is 0. The molecule has 1 unspecified atom stereocenters. The maximum absolute atomic E-state index is 5.89. The fraction of sp³-hybridized carbons (Fsp3) is 0.294. The Balaban J connectivity index is 1.76. The Bertz CT molecular complexity index is 518. The zero-order chi connectivity index (χ0) is 12.9. The Labute approximate surface area is 114 Å². The molecule has 1 saturated heterocycles. The van der Waals surface area contributed by atoms with E-state index in [0.717, 1.165) is 24.6 Å². The number of hydrogen-bond acceptors (Lipinski definition) is 2. The van der Waals surface area contributed by atoms with Gasteiger partial charge in [-0.25, -0.2) is 0 Å². The summed E-state index contributed by atoms with van der Waals surface area (Å²) in [5.74, 6) is 2.43. The van der Waals surface area contributed by atoms with Crippen LogP contribution in [0.5, 0.6) is 11.5 Å². The summed E-state index contributed by atoms with van der Waals surface area (Å²) in [6.07, 6.45) is 2.52. The molecule has 19 heavy (non-hydrogen) atoms. The molecule has 98 valence electrons. The molecular weight excluding hydrogens is 234 g/mol. The summed E-state index contributed by atoms with van der Waals surface area (Å²) in [7, 11) is 0. The number of rotatable bonds is 3. The van der Waals surface area contributed by atoms with E-state index in [1.54, 1.807) is 0 Å². The van der Waals surface area contributed by atoms with Gasteiger partial charge < -0.3 is 10.1 Å². The van der Waals surface area contributed by atoms with Crippen LogP contribution in [0.2, 0.25) is 0 Å². The van der Waals surface area contributed by atoms with Crippen molar-refractivity contribution in [3.8, 4) is 11.5 Å². The fourth-order valence-electron chi connectivity index (χ4n) is 2.59. The number of nitrogens with one attached hydrogen (secondary N) is 1. The zero-order valence-corrected chi connectivity index (χ0v) is 11.0. The van der Waals surface area contributed by atoms with Crippen molar-refractivity contribution in [3.63, 3.8) is 0 Å². The third-order valence-corrected chi connectivity index (χ3v) is 3.61. The summed E-state index contributed by atoms with van der Waals surface area (Å²) in [5, 5.41) is 3.46. The molecule has 1 heterocycles. The van der Waals surface area contributed by atoms with Crippen molar-refractivity contribution in [2.45, 2.75) is 18.8 Å². The second-order valence-electron chi connectivity index (χ2n) is 5.03. The minimum atomic E-state index is 0.619. The van der Waals surface area contributed by atoms with Gasteiger partial charge in [0.2, 0.25) is 0 Å². The van der Waals surface area contributed by atoms with Crippen LogP contribution in [0, 0.1) is 0 Å². The predicted octanol–water partition coefficient (Wildman–Crippen LogP) is 3.95. The highest BCUT2D eigenvalue weighted by atomic mass is 16.5. The lowest BCUT2D eigenvalue weighted by Crippen LogP contribution is -2.28. The minimum Gasteiger partial charge on any atom is -0.457 e. The van der Waals surface area contributed by atoms with Gasteiger partial charge in [0.25, 0.3) is 0 Å². The molecule has 2 aromatic rings. The van der Waals surface area contributed by atoms with Crippen LogP contribution in [-0.4, -0.2) is 13.1 Å². The summed E-state index contributed by atoms with van der Waals surface area (Å²) in [6.45, 7) is 2.23. The predicted molar refractivity (Wildman–Crippen MR) is 77.8 cm³/mol. The van der Waals surface area contributed by atoms with Gasteiger partial charge in [-0.15, -0.1) is 0 Å². The highest BCUT2D eigenvalue weighted by Gasteiger charge is 2.15. The van der Waals surface area contributed by atoms with Gasteiger partial charge in [-0.2, -0.15) is 0 Å². The van der Waals surface area contributed by atoms with Crippen LogP contribution in [0.3, 0.4) is 0 Å². The number of ether oxygens (including phenoxy) is 1. The highest BCUT2D eigenvalue weighted by Crippen LogP contribution is 2.28.